The average molecular weight is 381 g/mol. The molecule has 0 bridgehead atoms. The van der Waals surface area contributed by atoms with Gasteiger partial charge in [-0.25, -0.2) is 9.59 Å². The molecule has 0 saturated heterocycles. The molecule has 0 amide bonds. The third kappa shape index (κ3) is 8.63. The van der Waals surface area contributed by atoms with Crippen molar-refractivity contribution in [3.05, 3.63) is 23.7 Å². The van der Waals surface area contributed by atoms with Crippen molar-refractivity contribution in [2.75, 3.05) is 13.2 Å². The van der Waals surface area contributed by atoms with Crippen LogP contribution < -0.4 is 0 Å². The minimum atomic E-state index is -0.529. The van der Waals surface area contributed by atoms with Crippen LogP contribution >= 0.6 is 0 Å². The topological polar surface area (TPSA) is 65.7 Å². The fourth-order valence-electron chi connectivity index (χ4n) is 2.89. The van der Waals surface area contributed by atoms with Gasteiger partial charge >= 0.3 is 11.9 Å². The summed E-state index contributed by atoms with van der Waals surface area (Å²) in [6.45, 7) is 9.27. The highest BCUT2D eigenvalue weighted by atomic mass is 16.5. The lowest BCUT2D eigenvalue weighted by molar-refractivity contribution is 0.0391. The summed E-state index contributed by atoms with van der Waals surface area (Å²) in [6.07, 6.45) is 9.85. The second-order valence-electron chi connectivity index (χ2n) is 7.23. The summed E-state index contributed by atoms with van der Waals surface area (Å²) in [5.41, 5.74) is 0.255. The van der Waals surface area contributed by atoms with Crippen LogP contribution in [0.1, 0.15) is 100.0 Å². The van der Waals surface area contributed by atoms with Crippen molar-refractivity contribution in [3.63, 3.8) is 0 Å². The Morgan fingerprint density at radius 3 is 1.89 bits per heavy atom. The first-order valence-corrected chi connectivity index (χ1v) is 10.5. The molecule has 154 valence electrons. The first kappa shape index (κ1) is 23.3. The van der Waals surface area contributed by atoms with E-state index in [1.165, 1.54) is 12.3 Å². The van der Waals surface area contributed by atoms with E-state index in [2.05, 4.69) is 27.7 Å². The smallest absolute Gasteiger partial charge is 0.374 e. The van der Waals surface area contributed by atoms with E-state index in [9.17, 15) is 9.59 Å². The zero-order chi connectivity index (χ0) is 20.1. The molecule has 0 aromatic carbocycles. The minimum Gasteiger partial charge on any atom is -0.462 e. The third-order valence-electron chi connectivity index (χ3n) is 5.02. The van der Waals surface area contributed by atoms with Crippen LogP contribution in [0.2, 0.25) is 0 Å². The van der Waals surface area contributed by atoms with Gasteiger partial charge in [0.25, 0.3) is 0 Å². The summed E-state index contributed by atoms with van der Waals surface area (Å²) in [4.78, 5) is 24.3. The molecule has 0 fully saturated rings. The van der Waals surface area contributed by atoms with E-state index in [0.717, 1.165) is 51.4 Å². The maximum atomic E-state index is 12.2. The quantitative estimate of drug-likeness (QED) is 0.369. The molecule has 0 spiro atoms. The van der Waals surface area contributed by atoms with E-state index in [4.69, 9.17) is 13.9 Å². The van der Waals surface area contributed by atoms with Crippen molar-refractivity contribution in [2.45, 2.75) is 79.1 Å². The van der Waals surface area contributed by atoms with Crippen molar-refractivity contribution < 1.29 is 23.5 Å². The summed E-state index contributed by atoms with van der Waals surface area (Å²) in [5.74, 6) is -0.201. The lowest BCUT2D eigenvalue weighted by Gasteiger charge is -2.14. The number of hydrogen-bond acceptors (Lipinski definition) is 5. The molecule has 2 atom stereocenters. The van der Waals surface area contributed by atoms with E-state index in [0.29, 0.717) is 25.0 Å². The van der Waals surface area contributed by atoms with Crippen molar-refractivity contribution >= 4 is 11.9 Å². The highest BCUT2D eigenvalue weighted by Gasteiger charge is 2.19. The van der Waals surface area contributed by atoms with Gasteiger partial charge in [-0.1, -0.05) is 66.2 Å². The third-order valence-corrected chi connectivity index (χ3v) is 5.02. The molecule has 0 aliphatic rings. The largest absolute Gasteiger partial charge is 0.462 e. The fraction of sp³-hybridized carbons (Fsp3) is 0.727. The van der Waals surface area contributed by atoms with Gasteiger partial charge < -0.3 is 13.9 Å². The number of carbonyl (C=O) groups is 2. The predicted molar refractivity (Wildman–Crippen MR) is 106 cm³/mol. The normalized spacial score (nSPS) is 13.2. The average Bonchev–Trinajstić information content (AvgIpc) is 3.18. The SMILES string of the molecule is CCCCC(CC)COC(=O)c1coc(C(=O)OCC(CC)CCCC)c1. The van der Waals surface area contributed by atoms with Crippen molar-refractivity contribution in [2.24, 2.45) is 11.8 Å². The zero-order valence-electron chi connectivity index (χ0n) is 17.4. The van der Waals surface area contributed by atoms with Gasteiger partial charge in [-0.05, 0) is 24.7 Å². The molecule has 0 N–H and O–H groups in total. The van der Waals surface area contributed by atoms with E-state index < -0.39 is 11.9 Å². The zero-order valence-corrected chi connectivity index (χ0v) is 17.4. The van der Waals surface area contributed by atoms with Gasteiger partial charge in [0.2, 0.25) is 5.76 Å². The Bertz CT molecular complexity index is 502. The molecule has 0 aliphatic carbocycles. The number of rotatable bonds is 14. The summed E-state index contributed by atoms with van der Waals surface area (Å²) in [5, 5.41) is 0. The molecule has 27 heavy (non-hydrogen) atoms. The molecule has 2 unspecified atom stereocenters. The molecular weight excluding hydrogens is 344 g/mol. The molecule has 1 aromatic rings. The van der Waals surface area contributed by atoms with E-state index in [1.807, 2.05) is 0 Å². The summed E-state index contributed by atoms with van der Waals surface area (Å²) >= 11 is 0. The Labute approximate surface area is 163 Å². The fourth-order valence-corrected chi connectivity index (χ4v) is 2.89. The van der Waals surface area contributed by atoms with Gasteiger partial charge in [-0.2, -0.15) is 0 Å². The Morgan fingerprint density at radius 1 is 0.889 bits per heavy atom. The van der Waals surface area contributed by atoms with Crippen LogP contribution in [0.25, 0.3) is 0 Å². The van der Waals surface area contributed by atoms with E-state index in [1.54, 1.807) is 0 Å². The van der Waals surface area contributed by atoms with Crippen molar-refractivity contribution in [1.82, 2.24) is 0 Å². The van der Waals surface area contributed by atoms with Crippen LogP contribution in [0.4, 0.5) is 0 Å². The number of esters is 2. The molecule has 1 rings (SSSR count). The number of carbonyl (C=O) groups excluding carboxylic acids is 2. The van der Waals surface area contributed by atoms with Crippen molar-refractivity contribution in [1.29, 1.82) is 0 Å². The molecule has 0 radical (unpaired) electrons. The first-order valence-electron chi connectivity index (χ1n) is 10.5. The van der Waals surface area contributed by atoms with Gasteiger partial charge in [0.05, 0.1) is 18.8 Å². The van der Waals surface area contributed by atoms with Crippen LogP contribution in [0.5, 0.6) is 0 Å². The molecule has 1 heterocycles. The monoisotopic (exact) mass is 380 g/mol. The summed E-state index contributed by atoms with van der Waals surface area (Å²) in [7, 11) is 0. The van der Waals surface area contributed by atoms with E-state index >= 15 is 0 Å². The Morgan fingerprint density at radius 2 is 1.41 bits per heavy atom. The van der Waals surface area contributed by atoms with E-state index in [-0.39, 0.29) is 11.3 Å². The van der Waals surface area contributed by atoms with Crippen LogP contribution in [-0.2, 0) is 9.47 Å². The number of ether oxygens (including phenoxy) is 2. The maximum Gasteiger partial charge on any atom is 0.374 e. The molecule has 1 aromatic heterocycles. The molecule has 0 aliphatic heterocycles. The predicted octanol–water partition coefficient (Wildman–Crippen LogP) is 6.03. The van der Waals surface area contributed by atoms with Crippen LogP contribution in [0.15, 0.2) is 16.7 Å². The number of furan rings is 1. The number of hydrogen-bond donors (Lipinski definition) is 0. The second-order valence-corrected chi connectivity index (χ2v) is 7.23. The Hall–Kier alpha value is -1.78. The van der Waals surface area contributed by atoms with Crippen LogP contribution in [-0.4, -0.2) is 25.2 Å². The highest BCUT2D eigenvalue weighted by molar-refractivity contribution is 5.93. The van der Waals surface area contributed by atoms with Crippen LogP contribution in [0, 0.1) is 11.8 Å². The molecule has 5 nitrogen and oxygen atoms in total. The minimum absolute atomic E-state index is 0.0466. The first-order chi connectivity index (χ1) is 13.0. The standard InChI is InChI=1S/C22H36O5/c1-5-9-11-17(7-3)14-26-21(23)19-13-20(25-16-19)22(24)27-15-18(8-4)12-10-6-2/h13,16-18H,5-12,14-15H2,1-4H3. The maximum absolute atomic E-state index is 12.2. The van der Waals surface area contributed by atoms with Gasteiger partial charge in [0, 0.05) is 6.07 Å². The van der Waals surface area contributed by atoms with Gasteiger partial charge in [-0.3, -0.25) is 0 Å². The van der Waals surface area contributed by atoms with Crippen LogP contribution in [0.3, 0.4) is 0 Å². The second kappa shape index (κ2) is 13.4. The van der Waals surface area contributed by atoms with Gasteiger partial charge in [-0.15, -0.1) is 0 Å². The van der Waals surface area contributed by atoms with Crippen molar-refractivity contribution in [3.8, 4) is 0 Å². The summed E-state index contributed by atoms with van der Waals surface area (Å²) < 4.78 is 15.9. The summed E-state index contributed by atoms with van der Waals surface area (Å²) in [6, 6.07) is 1.41. The number of unbranched alkanes of at least 4 members (excludes halogenated alkanes) is 2. The Kier molecular flexibility index (Phi) is 11.5. The van der Waals surface area contributed by atoms with Gasteiger partial charge in [0.1, 0.15) is 6.26 Å². The van der Waals surface area contributed by atoms with Gasteiger partial charge in [0.15, 0.2) is 0 Å². The molecular formula is C22H36O5. The lowest BCUT2D eigenvalue weighted by Crippen LogP contribution is -2.14. The highest BCUT2D eigenvalue weighted by Crippen LogP contribution is 2.17. The Balaban J connectivity index is 2.48. The molecule has 5 heteroatoms. The lowest BCUT2D eigenvalue weighted by atomic mass is 10.0. The molecule has 0 saturated carbocycles.